The number of rotatable bonds is 3. The van der Waals surface area contributed by atoms with Gasteiger partial charge in [0, 0.05) is 26.7 Å². The number of carbonyl (C=O) groups is 1. The number of hydrogen-bond donors (Lipinski definition) is 1. The molecule has 7 heteroatoms. The molecule has 0 bridgehead atoms. The maximum absolute atomic E-state index is 10.3. The maximum Gasteiger partial charge on any atom is 0.328 e. The highest BCUT2D eigenvalue weighted by Crippen LogP contribution is 2.26. The molecule has 1 heterocycles. The summed E-state index contributed by atoms with van der Waals surface area (Å²) >= 11 is 6.71. The average Bonchev–Trinajstić information content (AvgIpc) is 2.73. The molecule has 2 aromatic rings. The van der Waals surface area contributed by atoms with Crippen molar-refractivity contribution in [3.8, 4) is 11.5 Å². The van der Waals surface area contributed by atoms with E-state index in [2.05, 4.69) is 42.1 Å². The van der Waals surface area contributed by atoms with E-state index in [0.717, 1.165) is 20.6 Å². The third kappa shape index (κ3) is 3.27. The molecule has 0 saturated carbocycles. The molecule has 5 nitrogen and oxygen atoms in total. The Kier molecular flexibility index (Phi) is 3.93. The lowest BCUT2D eigenvalue weighted by Crippen LogP contribution is -1.85. The monoisotopic (exact) mass is 372 g/mol. The van der Waals surface area contributed by atoms with E-state index in [9.17, 15) is 4.79 Å². The summed E-state index contributed by atoms with van der Waals surface area (Å²) in [7, 11) is 0. The second-order valence-corrected chi connectivity index (χ2v) is 5.11. The Morgan fingerprint density at radius 2 is 1.89 bits per heavy atom. The van der Waals surface area contributed by atoms with Crippen molar-refractivity contribution in [1.29, 1.82) is 0 Å². The highest BCUT2D eigenvalue weighted by atomic mass is 79.9. The van der Waals surface area contributed by atoms with Crippen molar-refractivity contribution in [2.45, 2.75) is 0 Å². The fraction of sp³-hybridized carbons (Fsp3) is 0. The van der Waals surface area contributed by atoms with Gasteiger partial charge >= 0.3 is 5.97 Å². The van der Waals surface area contributed by atoms with Crippen LogP contribution in [-0.4, -0.2) is 21.3 Å². The van der Waals surface area contributed by atoms with Crippen molar-refractivity contribution >= 4 is 43.9 Å². The predicted octanol–water partition coefficient (Wildman–Crippen LogP) is 3.36. The molecule has 18 heavy (non-hydrogen) atoms. The van der Waals surface area contributed by atoms with E-state index >= 15 is 0 Å². The molecule has 0 aliphatic rings. The van der Waals surface area contributed by atoms with Crippen LogP contribution in [0, 0.1) is 0 Å². The molecule has 2 rings (SSSR count). The Labute approximate surface area is 119 Å². The summed E-state index contributed by atoms with van der Waals surface area (Å²) in [6, 6.07) is 5.52. The molecule has 0 radical (unpaired) electrons. The first kappa shape index (κ1) is 13.0. The summed E-state index contributed by atoms with van der Waals surface area (Å²) < 4.78 is 7.05. The van der Waals surface area contributed by atoms with Crippen molar-refractivity contribution in [3.63, 3.8) is 0 Å². The number of halogens is 2. The fourth-order valence-electron chi connectivity index (χ4n) is 1.24. The zero-order valence-electron chi connectivity index (χ0n) is 8.80. The highest BCUT2D eigenvalue weighted by Gasteiger charge is 2.08. The molecule has 0 unspecified atom stereocenters. The van der Waals surface area contributed by atoms with Crippen LogP contribution in [0.3, 0.4) is 0 Å². The summed E-state index contributed by atoms with van der Waals surface area (Å²) in [6.45, 7) is 0. The van der Waals surface area contributed by atoms with Gasteiger partial charge in [0.15, 0.2) is 0 Å². The van der Waals surface area contributed by atoms with Gasteiger partial charge in [-0.05, 0) is 18.2 Å². The topological polar surface area (TPSA) is 76.2 Å². The molecule has 0 spiro atoms. The lowest BCUT2D eigenvalue weighted by atomic mass is 10.2. The van der Waals surface area contributed by atoms with Gasteiger partial charge < -0.3 is 9.52 Å². The molecule has 0 aliphatic heterocycles. The average molecular weight is 374 g/mol. The summed E-state index contributed by atoms with van der Waals surface area (Å²) in [6.07, 6.45) is 2.18. The number of carboxylic acid groups (broad SMARTS) is 1. The second-order valence-electron chi connectivity index (χ2n) is 3.28. The standard InChI is InChI=1S/C11H6Br2N2O3/c12-7-3-6(4-8(13)5-7)11-15-14-9(18-11)1-2-10(16)17/h1-5H,(H,16,17)/b2-1+. The Hall–Kier alpha value is -1.47. The van der Waals surface area contributed by atoms with Gasteiger partial charge in [-0.15, -0.1) is 10.2 Å². The van der Waals surface area contributed by atoms with Crippen LogP contribution in [0.1, 0.15) is 5.89 Å². The van der Waals surface area contributed by atoms with Crippen LogP contribution < -0.4 is 0 Å². The number of benzene rings is 1. The molecule has 92 valence electrons. The Morgan fingerprint density at radius 3 is 2.50 bits per heavy atom. The van der Waals surface area contributed by atoms with E-state index in [1.54, 1.807) is 0 Å². The maximum atomic E-state index is 10.3. The quantitative estimate of drug-likeness (QED) is 0.834. The minimum absolute atomic E-state index is 0.142. The van der Waals surface area contributed by atoms with Gasteiger partial charge in [0.25, 0.3) is 0 Å². The first-order valence-electron chi connectivity index (χ1n) is 4.75. The van der Waals surface area contributed by atoms with Crippen LogP contribution in [0.25, 0.3) is 17.5 Å². The molecule has 0 fully saturated rings. The largest absolute Gasteiger partial charge is 0.478 e. The number of nitrogens with zero attached hydrogens (tertiary/aromatic N) is 2. The second kappa shape index (κ2) is 5.45. The molecule has 1 aromatic heterocycles. The normalized spacial score (nSPS) is 11.0. The summed E-state index contributed by atoms with van der Waals surface area (Å²) in [4.78, 5) is 10.3. The van der Waals surface area contributed by atoms with Gasteiger partial charge in [0.1, 0.15) is 0 Å². The number of hydrogen-bond acceptors (Lipinski definition) is 4. The molecular weight excluding hydrogens is 368 g/mol. The molecule has 1 aromatic carbocycles. The highest BCUT2D eigenvalue weighted by molar-refractivity contribution is 9.11. The van der Waals surface area contributed by atoms with Gasteiger partial charge in [-0.2, -0.15) is 0 Å². The van der Waals surface area contributed by atoms with Crippen LogP contribution in [0.15, 0.2) is 37.6 Å². The SMILES string of the molecule is O=C(O)/C=C/c1nnc(-c2cc(Br)cc(Br)c2)o1. The van der Waals surface area contributed by atoms with Gasteiger partial charge in [0.2, 0.25) is 11.8 Å². The predicted molar refractivity (Wildman–Crippen MR) is 71.8 cm³/mol. The van der Waals surface area contributed by atoms with Crippen molar-refractivity contribution in [3.05, 3.63) is 39.1 Å². The van der Waals surface area contributed by atoms with Crippen molar-refractivity contribution < 1.29 is 14.3 Å². The van der Waals surface area contributed by atoms with Crippen molar-refractivity contribution in [1.82, 2.24) is 10.2 Å². The first-order chi connectivity index (χ1) is 8.54. The Bertz CT molecular complexity index is 602. The van der Waals surface area contributed by atoms with Crippen LogP contribution in [0.2, 0.25) is 0 Å². The lowest BCUT2D eigenvalue weighted by Gasteiger charge is -1.97. The van der Waals surface area contributed by atoms with Crippen LogP contribution in [0.4, 0.5) is 0 Å². The number of aliphatic carboxylic acids is 1. The summed E-state index contributed by atoms with van der Waals surface area (Å²) in [5, 5.41) is 16.1. The van der Waals surface area contributed by atoms with Gasteiger partial charge in [-0.1, -0.05) is 31.9 Å². The fourth-order valence-corrected chi connectivity index (χ4v) is 2.53. The van der Waals surface area contributed by atoms with E-state index in [1.165, 1.54) is 6.08 Å². The number of aromatic nitrogens is 2. The van der Waals surface area contributed by atoms with E-state index < -0.39 is 5.97 Å². The van der Waals surface area contributed by atoms with Crippen molar-refractivity contribution in [2.24, 2.45) is 0 Å². The van der Waals surface area contributed by atoms with Crippen molar-refractivity contribution in [2.75, 3.05) is 0 Å². The molecular formula is C11H6Br2N2O3. The van der Waals surface area contributed by atoms with Gasteiger partial charge in [0.05, 0.1) is 0 Å². The lowest BCUT2D eigenvalue weighted by molar-refractivity contribution is -0.131. The zero-order valence-corrected chi connectivity index (χ0v) is 12.0. The van der Waals surface area contributed by atoms with E-state index in [-0.39, 0.29) is 5.89 Å². The molecule has 0 atom stereocenters. The minimum Gasteiger partial charge on any atom is -0.478 e. The van der Waals surface area contributed by atoms with Gasteiger partial charge in [-0.3, -0.25) is 0 Å². The number of carboxylic acids is 1. The first-order valence-corrected chi connectivity index (χ1v) is 6.34. The van der Waals surface area contributed by atoms with E-state index in [0.29, 0.717) is 5.89 Å². The van der Waals surface area contributed by atoms with E-state index in [4.69, 9.17) is 9.52 Å². The summed E-state index contributed by atoms with van der Waals surface area (Å²) in [5.74, 6) is -0.606. The zero-order chi connectivity index (χ0) is 13.1. The van der Waals surface area contributed by atoms with Crippen LogP contribution in [-0.2, 0) is 4.79 Å². The van der Waals surface area contributed by atoms with Crippen LogP contribution in [0.5, 0.6) is 0 Å². The van der Waals surface area contributed by atoms with Crippen LogP contribution >= 0.6 is 31.9 Å². The molecule has 1 N–H and O–H groups in total. The minimum atomic E-state index is -1.07. The van der Waals surface area contributed by atoms with Gasteiger partial charge in [-0.25, -0.2) is 4.79 Å². The Balaban J connectivity index is 2.32. The van der Waals surface area contributed by atoms with E-state index in [1.807, 2.05) is 18.2 Å². The third-order valence-electron chi connectivity index (χ3n) is 1.92. The third-order valence-corrected chi connectivity index (χ3v) is 2.83. The summed E-state index contributed by atoms with van der Waals surface area (Å²) in [5.41, 5.74) is 0.735. The molecule has 0 amide bonds. The smallest absolute Gasteiger partial charge is 0.328 e. The molecule has 0 aliphatic carbocycles. The Morgan fingerprint density at radius 1 is 1.22 bits per heavy atom. The molecule has 0 saturated heterocycles.